The molecule has 0 saturated carbocycles. The predicted molar refractivity (Wildman–Crippen MR) is 79.8 cm³/mol. The summed E-state index contributed by atoms with van der Waals surface area (Å²) in [6, 6.07) is 14.7. The number of carbonyl (C=O) groups excluding carboxylic acids is 1. The van der Waals surface area contributed by atoms with E-state index in [2.05, 4.69) is 15.9 Å². The summed E-state index contributed by atoms with van der Waals surface area (Å²) in [5.41, 5.74) is 1.26. The van der Waals surface area contributed by atoms with Gasteiger partial charge in [0.15, 0.2) is 5.78 Å². The molecule has 0 aliphatic heterocycles. The lowest BCUT2D eigenvalue weighted by atomic mass is 10.0. The average molecular weight is 319 g/mol. The quantitative estimate of drug-likeness (QED) is 0.760. The number of hydrogen-bond donors (Lipinski definition) is 0. The summed E-state index contributed by atoms with van der Waals surface area (Å²) in [6.07, 6.45) is 0.916. The fourth-order valence-corrected chi connectivity index (χ4v) is 2.18. The van der Waals surface area contributed by atoms with E-state index in [-0.39, 0.29) is 5.78 Å². The second-order valence-corrected chi connectivity index (χ2v) is 5.10. The van der Waals surface area contributed by atoms with Crippen LogP contribution in [0.5, 0.6) is 5.75 Å². The molecule has 0 unspecified atom stereocenters. The maximum Gasteiger partial charge on any atom is 0.196 e. The number of hydrogen-bond acceptors (Lipinski definition) is 2. The molecule has 0 bridgehead atoms. The van der Waals surface area contributed by atoms with Crippen LogP contribution in [0.1, 0.15) is 29.3 Å². The van der Waals surface area contributed by atoms with Crippen molar-refractivity contribution < 1.29 is 9.53 Å². The molecule has 0 atom stereocenters. The number of benzene rings is 2. The lowest BCUT2D eigenvalue weighted by molar-refractivity contribution is 0.103. The maximum absolute atomic E-state index is 12.5. The summed E-state index contributed by atoms with van der Waals surface area (Å²) in [7, 11) is 0. The molecule has 98 valence electrons. The number of carbonyl (C=O) groups is 1. The second-order valence-electron chi connectivity index (χ2n) is 4.18. The van der Waals surface area contributed by atoms with E-state index in [4.69, 9.17) is 4.74 Å². The zero-order valence-electron chi connectivity index (χ0n) is 10.7. The number of para-hydroxylation sites is 1. The highest BCUT2D eigenvalue weighted by atomic mass is 79.9. The van der Waals surface area contributed by atoms with Gasteiger partial charge in [0.05, 0.1) is 12.2 Å². The van der Waals surface area contributed by atoms with Crippen LogP contribution in [-0.4, -0.2) is 12.4 Å². The van der Waals surface area contributed by atoms with E-state index in [1.807, 2.05) is 49.4 Å². The molecule has 2 aromatic carbocycles. The van der Waals surface area contributed by atoms with Crippen LogP contribution >= 0.6 is 15.9 Å². The fourth-order valence-electron chi connectivity index (χ4n) is 1.78. The van der Waals surface area contributed by atoms with E-state index in [1.54, 1.807) is 6.07 Å². The van der Waals surface area contributed by atoms with Crippen LogP contribution in [-0.2, 0) is 0 Å². The first-order valence-corrected chi connectivity index (χ1v) is 7.03. The van der Waals surface area contributed by atoms with Gasteiger partial charge in [-0.2, -0.15) is 0 Å². The summed E-state index contributed by atoms with van der Waals surface area (Å²) >= 11 is 3.38. The summed E-state index contributed by atoms with van der Waals surface area (Å²) < 4.78 is 6.52. The number of rotatable bonds is 5. The van der Waals surface area contributed by atoms with E-state index >= 15 is 0 Å². The highest BCUT2D eigenvalue weighted by molar-refractivity contribution is 9.10. The third kappa shape index (κ3) is 3.44. The molecule has 0 heterocycles. The minimum atomic E-state index is -0.0204. The van der Waals surface area contributed by atoms with E-state index in [9.17, 15) is 4.79 Å². The zero-order chi connectivity index (χ0) is 13.7. The Morgan fingerprint density at radius 2 is 1.95 bits per heavy atom. The molecule has 0 radical (unpaired) electrons. The standard InChI is InChI=1S/C16H15BrO2/c1-2-10-19-15-9-4-3-8-14(15)16(18)12-6-5-7-13(17)11-12/h3-9,11H,2,10H2,1H3. The monoisotopic (exact) mass is 318 g/mol. The first-order valence-electron chi connectivity index (χ1n) is 6.24. The average Bonchev–Trinajstić information content (AvgIpc) is 2.44. The van der Waals surface area contributed by atoms with Crippen molar-refractivity contribution >= 4 is 21.7 Å². The molecule has 0 aliphatic rings. The minimum absolute atomic E-state index is 0.0204. The first kappa shape index (κ1) is 13.8. The lowest BCUT2D eigenvalue weighted by Crippen LogP contribution is -2.06. The van der Waals surface area contributed by atoms with E-state index in [0.717, 1.165) is 10.9 Å². The van der Waals surface area contributed by atoms with E-state index in [1.165, 1.54) is 0 Å². The SMILES string of the molecule is CCCOc1ccccc1C(=O)c1cccc(Br)c1. The van der Waals surface area contributed by atoms with Crippen LogP contribution in [0.3, 0.4) is 0 Å². The van der Waals surface area contributed by atoms with Gasteiger partial charge in [0.25, 0.3) is 0 Å². The Labute approximate surface area is 121 Å². The van der Waals surface area contributed by atoms with Crippen LogP contribution in [0.25, 0.3) is 0 Å². The van der Waals surface area contributed by atoms with Crippen LogP contribution in [0.4, 0.5) is 0 Å². The van der Waals surface area contributed by atoms with E-state index < -0.39 is 0 Å². The molecule has 2 aromatic rings. The summed E-state index contributed by atoms with van der Waals surface area (Å²) in [5, 5.41) is 0. The maximum atomic E-state index is 12.5. The Morgan fingerprint density at radius 3 is 2.68 bits per heavy atom. The number of ketones is 1. The molecular formula is C16H15BrO2. The molecule has 0 spiro atoms. The van der Waals surface area contributed by atoms with Gasteiger partial charge < -0.3 is 4.74 Å². The van der Waals surface area contributed by atoms with Crippen molar-refractivity contribution in [2.75, 3.05) is 6.61 Å². The molecule has 2 rings (SSSR count). The smallest absolute Gasteiger partial charge is 0.196 e. The third-order valence-electron chi connectivity index (χ3n) is 2.68. The van der Waals surface area contributed by atoms with Crippen molar-refractivity contribution in [3.8, 4) is 5.75 Å². The predicted octanol–water partition coefficient (Wildman–Crippen LogP) is 4.47. The van der Waals surface area contributed by atoms with Crippen molar-refractivity contribution in [3.63, 3.8) is 0 Å². The Balaban J connectivity index is 2.33. The van der Waals surface area contributed by atoms with Gasteiger partial charge >= 0.3 is 0 Å². The van der Waals surface area contributed by atoms with Gasteiger partial charge in [-0.15, -0.1) is 0 Å². The lowest BCUT2D eigenvalue weighted by Gasteiger charge is -2.10. The van der Waals surface area contributed by atoms with Crippen LogP contribution in [0.15, 0.2) is 53.0 Å². The zero-order valence-corrected chi connectivity index (χ0v) is 12.3. The van der Waals surface area contributed by atoms with Crippen molar-refractivity contribution in [1.29, 1.82) is 0 Å². The van der Waals surface area contributed by atoms with Gasteiger partial charge in [-0.05, 0) is 30.7 Å². The molecule has 0 aromatic heterocycles. The van der Waals surface area contributed by atoms with Crippen molar-refractivity contribution in [2.45, 2.75) is 13.3 Å². The number of halogens is 1. The summed E-state index contributed by atoms with van der Waals surface area (Å²) in [6.45, 7) is 2.65. The van der Waals surface area contributed by atoms with Gasteiger partial charge in [0.2, 0.25) is 0 Å². The Kier molecular flexibility index (Phi) is 4.74. The van der Waals surface area contributed by atoms with Crippen molar-refractivity contribution in [3.05, 3.63) is 64.1 Å². The molecule has 19 heavy (non-hydrogen) atoms. The topological polar surface area (TPSA) is 26.3 Å². The van der Waals surface area contributed by atoms with Crippen molar-refractivity contribution in [2.24, 2.45) is 0 Å². The van der Waals surface area contributed by atoms with Gasteiger partial charge in [0.1, 0.15) is 5.75 Å². The number of ether oxygens (including phenoxy) is 1. The normalized spacial score (nSPS) is 10.2. The summed E-state index contributed by atoms with van der Waals surface area (Å²) in [4.78, 5) is 12.5. The van der Waals surface area contributed by atoms with Gasteiger partial charge in [-0.3, -0.25) is 4.79 Å². The molecule has 0 fully saturated rings. The van der Waals surface area contributed by atoms with Crippen molar-refractivity contribution in [1.82, 2.24) is 0 Å². The molecule has 0 saturated heterocycles. The van der Waals surface area contributed by atoms with E-state index in [0.29, 0.717) is 23.5 Å². The molecule has 3 heteroatoms. The molecular weight excluding hydrogens is 304 g/mol. The molecule has 2 nitrogen and oxygen atoms in total. The molecule has 0 N–H and O–H groups in total. The largest absolute Gasteiger partial charge is 0.493 e. The Hall–Kier alpha value is -1.61. The molecule has 0 amide bonds. The van der Waals surface area contributed by atoms with Crippen LogP contribution < -0.4 is 4.74 Å². The highest BCUT2D eigenvalue weighted by Crippen LogP contribution is 2.23. The van der Waals surface area contributed by atoms with Crippen LogP contribution in [0.2, 0.25) is 0 Å². The minimum Gasteiger partial charge on any atom is -0.493 e. The second kappa shape index (κ2) is 6.53. The van der Waals surface area contributed by atoms with Gasteiger partial charge in [-0.1, -0.05) is 47.1 Å². The Morgan fingerprint density at radius 1 is 1.16 bits per heavy atom. The first-order chi connectivity index (χ1) is 9.22. The van der Waals surface area contributed by atoms with Gasteiger partial charge in [-0.25, -0.2) is 0 Å². The van der Waals surface area contributed by atoms with Crippen LogP contribution in [0, 0.1) is 0 Å². The Bertz CT molecular complexity index is 578. The highest BCUT2D eigenvalue weighted by Gasteiger charge is 2.14. The molecule has 0 aliphatic carbocycles. The van der Waals surface area contributed by atoms with Gasteiger partial charge in [0, 0.05) is 10.0 Å². The fraction of sp³-hybridized carbons (Fsp3) is 0.188. The third-order valence-corrected chi connectivity index (χ3v) is 3.17. The summed E-state index contributed by atoms with van der Waals surface area (Å²) in [5.74, 6) is 0.627.